The molecule has 0 amide bonds. The van der Waals surface area contributed by atoms with E-state index in [1.807, 2.05) is 12.1 Å². The zero-order valence-corrected chi connectivity index (χ0v) is 21.7. The Bertz CT molecular complexity index is 2210. The second kappa shape index (κ2) is 7.30. The number of fused-ring (bicyclic) bond motifs is 2. The number of carbonyl (C=O) groups is 1. The van der Waals surface area contributed by atoms with E-state index in [4.69, 9.17) is 0 Å². The molecule has 0 N–H and O–H groups in total. The maximum atomic E-state index is 11.4. The summed E-state index contributed by atoms with van der Waals surface area (Å²) in [5.41, 5.74) is 4.45. The van der Waals surface area contributed by atoms with Crippen molar-refractivity contribution in [3.8, 4) is 11.1 Å². The van der Waals surface area contributed by atoms with Crippen molar-refractivity contribution in [3.05, 3.63) is 108 Å². The molecule has 38 heavy (non-hydrogen) atoms. The summed E-state index contributed by atoms with van der Waals surface area (Å²) in [4.78, 5) is 11.4. The van der Waals surface area contributed by atoms with Gasteiger partial charge in [0.15, 0.2) is 0 Å². The van der Waals surface area contributed by atoms with Crippen LogP contribution in [0.4, 0.5) is 0 Å². The normalized spacial score (nSPS) is 12.7. The topological polar surface area (TPSA) is 17.1 Å². The van der Waals surface area contributed by atoms with Gasteiger partial charge in [0.1, 0.15) is 6.29 Å². The lowest BCUT2D eigenvalue weighted by Crippen LogP contribution is -2.10. The highest BCUT2D eigenvalue weighted by Crippen LogP contribution is 2.48. The molecule has 0 saturated heterocycles. The molecule has 0 spiro atoms. The van der Waals surface area contributed by atoms with E-state index in [1.54, 1.807) is 0 Å². The molecular weight excluding hydrogens is 460 g/mol. The largest absolute Gasteiger partial charge is 0.298 e. The Morgan fingerprint density at radius 3 is 1.97 bits per heavy atom. The first-order valence-electron chi connectivity index (χ1n) is 13.3. The Morgan fingerprint density at radius 1 is 0.526 bits per heavy atom. The number of rotatable bonds is 2. The highest BCUT2D eigenvalue weighted by molar-refractivity contribution is 6.40. The van der Waals surface area contributed by atoms with E-state index in [9.17, 15) is 4.79 Å². The molecule has 0 aliphatic rings. The zero-order valence-electron chi connectivity index (χ0n) is 21.7. The van der Waals surface area contributed by atoms with Crippen LogP contribution in [0.3, 0.4) is 0 Å². The Kier molecular flexibility index (Phi) is 4.14. The molecule has 8 rings (SSSR count). The van der Waals surface area contributed by atoms with Crippen molar-refractivity contribution in [1.82, 2.24) is 0 Å². The highest BCUT2D eigenvalue weighted by Gasteiger charge is 2.22. The minimum absolute atomic E-state index is 0.0593. The fraction of sp³-hybridized carbons (Fsp3) is 0.108. The second-order valence-electron chi connectivity index (χ2n) is 11.8. The average Bonchev–Trinajstić information content (AvgIpc) is 2.93. The fourth-order valence-electron chi connectivity index (χ4n) is 6.60. The Labute approximate surface area is 221 Å². The number of benzene rings is 8. The van der Waals surface area contributed by atoms with E-state index in [0.29, 0.717) is 5.56 Å². The Balaban J connectivity index is 1.65. The fourth-order valence-corrected chi connectivity index (χ4v) is 6.60. The van der Waals surface area contributed by atoms with Gasteiger partial charge in [-0.05, 0) is 111 Å². The van der Waals surface area contributed by atoms with Gasteiger partial charge in [-0.25, -0.2) is 0 Å². The maximum absolute atomic E-state index is 11.4. The van der Waals surface area contributed by atoms with Gasteiger partial charge in [0.05, 0.1) is 0 Å². The van der Waals surface area contributed by atoms with Gasteiger partial charge in [0.25, 0.3) is 0 Å². The van der Waals surface area contributed by atoms with Crippen LogP contribution in [0.15, 0.2) is 97.1 Å². The van der Waals surface area contributed by atoms with Crippen LogP contribution in [0, 0.1) is 0 Å². The Morgan fingerprint density at radius 2 is 1.21 bits per heavy atom. The molecule has 0 bridgehead atoms. The van der Waals surface area contributed by atoms with Gasteiger partial charge >= 0.3 is 0 Å². The first-order chi connectivity index (χ1) is 18.4. The van der Waals surface area contributed by atoms with Crippen molar-refractivity contribution < 1.29 is 4.79 Å². The summed E-state index contributed by atoms with van der Waals surface area (Å²) >= 11 is 0. The molecule has 8 aromatic rings. The molecule has 0 radical (unpaired) electrons. The van der Waals surface area contributed by atoms with Crippen molar-refractivity contribution in [2.24, 2.45) is 0 Å². The van der Waals surface area contributed by atoms with Crippen LogP contribution < -0.4 is 0 Å². The van der Waals surface area contributed by atoms with E-state index in [2.05, 4.69) is 106 Å². The third-order valence-corrected chi connectivity index (χ3v) is 8.48. The van der Waals surface area contributed by atoms with Crippen molar-refractivity contribution >= 4 is 70.9 Å². The quantitative estimate of drug-likeness (QED) is 0.135. The number of hydrogen-bond donors (Lipinski definition) is 0. The van der Waals surface area contributed by atoms with Gasteiger partial charge in [-0.1, -0.05) is 93.6 Å². The first kappa shape index (κ1) is 21.6. The second-order valence-corrected chi connectivity index (χ2v) is 11.8. The van der Waals surface area contributed by atoms with Gasteiger partial charge in [-0.15, -0.1) is 0 Å². The van der Waals surface area contributed by atoms with Crippen LogP contribution in [0.1, 0.15) is 36.7 Å². The predicted octanol–water partition coefficient (Wildman–Crippen LogP) is 10.3. The lowest BCUT2D eigenvalue weighted by Gasteiger charge is -2.24. The summed E-state index contributed by atoms with van der Waals surface area (Å²) in [6, 6.07) is 35.6. The predicted molar refractivity (Wildman–Crippen MR) is 163 cm³/mol. The molecule has 0 atom stereocenters. The van der Waals surface area contributed by atoms with Gasteiger partial charge < -0.3 is 0 Å². The molecule has 0 aliphatic heterocycles. The van der Waals surface area contributed by atoms with Crippen molar-refractivity contribution in [1.29, 1.82) is 0 Å². The average molecular weight is 487 g/mol. The van der Waals surface area contributed by atoms with E-state index < -0.39 is 0 Å². The molecule has 0 unspecified atom stereocenters. The summed E-state index contributed by atoms with van der Waals surface area (Å²) < 4.78 is 0. The van der Waals surface area contributed by atoms with Crippen LogP contribution in [-0.2, 0) is 5.41 Å². The van der Waals surface area contributed by atoms with E-state index in [0.717, 1.165) is 11.8 Å². The van der Waals surface area contributed by atoms with Gasteiger partial charge in [0, 0.05) is 5.56 Å². The summed E-state index contributed by atoms with van der Waals surface area (Å²) in [5, 5.41) is 15.7. The van der Waals surface area contributed by atoms with Gasteiger partial charge in [0.2, 0.25) is 0 Å². The zero-order chi connectivity index (χ0) is 25.8. The van der Waals surface area contributed by atoms with Crippen LogP contribution in [0.2, 0.25) is 0 Å². The lowest BCUT2D eigenvalue weighted by atomic mass is 9.80. The summed E-state index contributed by atoms with van der Waals surface area (Å²) in [6.07, 6.45) is 0.912. The SMILES string of the molecule is CC(C)(C)c1cc2ccc3cc4c5ccccc5cc5cc(-c6ccc(C=O)cc6)c6cc(c1)c2c3c6c54. The summed E-state index contributed by atoms with van der Waals surface area (Å²) in [5.74, 6) is 0. The maximum Gasteiger partial charge on any atom is 0.150 e. The molecule has 0 fully saturated rings. The molecule has 0 saturated carbocycles. The van der Waals surface area contributed by atoms with E-state index >= 15 is 0 Å². The monoisotopic (exact) mass is 486 g/mol. The minimum Gasteiger partial charge on any atom is -0.298 e. The molecule has 0 aromatic heterocycles. The molecular formula is C37H26O. The number of carbonyl (C=O) groups excluding carboxylic acids is 1. The van der Waals surface area contributed by atoms with Crippen LogP contribution >= 0.6 is 0 Å². The molecule has 0 heterocycles. The summed E-state index contributed by atoms with van der Waals surface area (Å²) in [6.45, 7) is 6.86. The molecule has 1 heteroatoms. The summed E-state index contributed by atoms with van der Waals surface area (Å²) in [7, 11) is 0. The van der Waals surface area contributed by atoms with E-state index in [1.165, 1.54) is 75.8 Å². The van der Waals surface area contributed by atoms with Crippen molar-refractivity contribution in [3.63, 3.8) is 0 Å². The van der Waals surface area contributed by atoms with Crippen LogP contribution in [-0.4, -0.2) is 6.29 Å². The molecule has 1 nitrogen and oxygen atoms in total. The van der Waals surface area contributed by atoms with Crippen molar-refractivity contribution in [2.75, 3.05) is 0 Å². The third-order valence-electron chi connectivity index (χ3n) is 8.48. The molecule has 0 aliphatic carbocycles. The third kappa shape index (κ3) is 2.85. The smallest absolute Gasteiger partial charge is 0.150 e. The van der Waals surface area contributed by atoms with Crippen LogP contribution in [0.25, 0.3) is 75.8 Å². The number of aldehydes is 1. The molecule has 180 valence electrons. The standard InChI is InChI=1S/C37H26O/c1-37(2,3)28-15-24-12-13-25-17-31-29-7-5-4-6-23(29)14-26-18-30(22-10-8-21(20-38)9-11-22)32-19-27(16-28)33(24)35(25)36(32)34(26)31/h4-20H,1-3H3. The lowest BCUT2D eigenvalue weighted by molar-refractivity contribution is 0.112. The van der Waals surface area contributed by atoms with Gasteiger partial charge in [-0.2, -0.15) is 0 Å². The van der Waals surface area contributed by atoms with Crippen LogP contribution in [0.5, 0.6) is 0 Å². The Hall–Kier alpha value is -4.49. The minimum atomic E-state index is 0.0593. The van der Waals surface area contributed by atoms with Crippen molar-refractivity contribution in [2.45, 2.75) is 26.2 Å². The van der Waals surface area contributed by atoms with Gasteiger partial charge in [-0.3, -0.25) is 4.79 Å². The molecule has 8 aromatic carbocycles. The number of hydrogen-bond acceptors (Lipinski definition) is 1. The highest BCUT2D eigenvalue weighted by atomic mass is 16.1. The van der Waals surface area contributed by atoms with E-state index in [-0.39, 0.29) is 5.41 Å². The first-order valence-corrected chi connectivity index (χ1v) is 13.3.